The van der Waals surface area contributed by atoms with Crippen LogP contribution in [0.4, 0.5) is 0 Å². The molecule has 0 amide bonds. The minimum Gasteiger partial charge on any atom is -0.481 e. The van der Waals surface area contributed by atoms with E-state index in [1.807, 2.05) is 60.7 Å². The zero-order valence-electron chi connectivity index (χ0n) is 24.8. The summed E-state index contributed by atoms with van der Waals surface area (Å²) in [4.78, 5) is 14.0. The Hall–Kier alpha value is -3.24. The Morgan fingerprint density at radius 3 is 1.43 bits per heavy atom. The Balaban J connectivity index is 1.29. The summed E-state index contributed by atoms with van der Waals surface area (Å²) >= 11 is 14.1. The first kappa shape index (κ1) is 30.8. The molecule has 2 fully saturated rings. The van der Waals surface area contributed by atoms with Gasteiger partial charge in [-0.3, -0.25) is 9.80 Å². The molecule has 0 unspecified atom stereocenters. The molecule has 0 bridgehead atoms. The van der Waals surface area contributed by atoms with Crippen LogP contribution in [-0.2, 0) is 13.1 Å². The first-order valence-electron chi connectivity index (χ1n) is 14.8. The number of aromatic nitrogens is 2. The van der Waals surface area contributed by atoms with E-state index in [2.05, 4.69) is 9.80 Å². The molecule has 2 aromatic carbocycles. The average Bonchev–Trinajstić information content (AvgIpc) is 3.64. The normalized spacial score (nSPS) is 19.0. The van der Waals surface area contributed by atoms with E-state index in [4.69, 9.17) is 42.6 Å². The van der Waals surface area contributed by atoms with Gasteiger partial charge in [-0.2, -0.15) is 0 Å². The van der Waals surface area contributed by atoms with Gasteiger partial charge in [-0.1, -0.05) is 71.7 Å². The Labute approximate surface area is 267 Å². The number of rotatable bonds is 9. The van der Waals surface area contributed by atoms with Crippen LogP contribution in [0.15, 0.2) is 60.7 Å². The van der Waals surface area contributed by atoms with Crippen molar-refractivity contribution in [3.05, 3.63) is 81.8 Å². The van der Waals surface area contributed by atoms with Crippen molar-refractivity contribution < 1.29 is 19.7 Å². The lowest BCUT2D eigenvalue weighted by atomic mass is 9.98. The highest BCUT2D eigenvalue weighted by Gasteiger charge is 2.24. The molecule has 4 aromatic rings. The van der Waals surface area contributed by atoms with Gasteiger partial charge in [-0.05, 0) is 25.0 Å². The Morgan fingerprint density at radius 1 is 0.659 bits per heavy atom. The standard InChI is InChI=1S/C34H36Cl2N4O4/c1-43-33-21(17-39-15-13-23(41)19-39)9-11-29(37-33)27-7-3-5-25(31(27)35)26-6-4-8-28(32(26)36)30-12-10-22(34(38-30)44-2)18-40-16-14-24(42)20-40/h3-12,23-24,41-42H,13-20H2,1-2H3/t23-,24-/m1/s1. The lowest BCUT2D eigenvalue weighted by molar-refractivity contribution is 0.174. The third kappa shape index (κ3) is 6.42. The highest BCUT2D eigenvalue weighted by molar-refractivity contribution is 6.39. The van der Waals surface area contributed by atoms with Crippen molar-refractivity contribution in [3.8, 4) is 45.4 Å². The molecule has 230 valence electrons. The third-order valence-electron chi connectivity index (χ3n) is 8.39. The van der Waals surface area contributed by atoms with Crippen LogP contribution >= 0.6 is 23.2 Å². The van der Waals surface area contributed by atoms with Gasteiger partial charge in [0.15, 0.2) is 0 Å². The molecule has 2 aliphatic heterocycles. The number of likely N-dealkylation sites (tertiary alicyclic amines) is 2. The number of halogens is 2. The number of β-amino-alcohol motifs (C(OH)–C–C–N with tert-alkyl or cyclic N) is 2. The summed E-state index contributed by atoms with van der Waals surface area (Å²) in [6.07, 6.45) is 0.986. The summed E-state index contributed by atoms with van der Waals surface area (Å²) in [6.45, 7) is 4.30. The van der Waals surface area contributed by atoms with Gasteiger partial charge in [0.1, 0.15) is 0 Å². The fraction of sp³-hybridized carbons (Fsp3) is 0.353. The maximum atomic E-state index is 9.91. The number of pyridine rings is 2. The van der Waals surface area contributed by atoms with Crippen molar-refractivity contribution in [1.29, 1.82) is 0 Å². The van der Waals surface area contributed by atoms with Gasteiger partial charge < -0.3 is 19.7 Å². The summed E-state index contributed by atoms with van der Waals surface area (Å²) < 4.78 is 11.3. The maximum Gasteiger partial charge on any atom is 0.218 e. The van der Waals surface area contributed by atoms with Crippen LogP contribution in [0.5, 0.6) is 11.8 Å². The van der Waals surface area contributed by atoms with Crippen LogP contribution in [0, 0.1) is 0 Å². The molecule has 6 rings (SSSR count). The van der Waals surface area contributed by atoms with Crippen molar-refractivity contribution in [2.24, 2.45) is 0 Å². The van der Waals surface area contributed by atoms with Crippen molar-refractivity contribution in [3.63, 3.8) is 0 Å². The summed E-state index contributed by atoms with van der Waals surface area (Å²) in [6, 6.07) is 19.6. The SMILES string of the molecule is COc1nc(-c2cccc(-c3cccc(-c4ccc(CN5CC[C@@H](O)C5)c(OC)n4)c3Cl)c2Cl)ccc1CN1CC[C@@H](O)C1. The molecule has 0 spiro atoms. The molecular weight excluding hydrogens is 599 g/mol. The van der Waals surface area contributed by atoms with E-state index in [-0.39, 0.29) is 12.2 Å². The second-order valence-electron chi connectivity index (χ2n) is 11.4. The molecule has 2 aliphatic rings. The van der Waals surface area contributed by atoms with Gasteiger partial charge in [0.2, 0.25) is 11.8 Å². The van der Waals surface area contributed by atoms with Crippen LogP contribution in [-0.4, -0.2) is 82.6 Å². The van der Waals surface area contributed by atoms with Gasteiger partial charge in [-0.15, -0.1) is 0 Å². The van der Waals surface area contributed by atoms with Crippen LogP contribution < -0.4 is 9.47 Å². The molecule has 10 heteroatoms. The van der Waals surface area contributed by atoms with Gasteiger partial charge >= 0.3 is 0 Å². The van der Waals surface area contributed by atoms with Gasteiger partial charge in [0, 0.05) is 72.6 Å². The monoisotopic (exact) mass is 634 g/mol. The van der Waals surface area contributed by atoms with Crippen LogP contribution in [0.25, 0.3) is 33.6 Å². The van der Waals surface area contributed by atoms with E-state index >= 15 is 0 Å². The second-order valence-corrected chi connectivity index (χ2v) is 12.2. The largest absolute Gasteiger partial charge is 0.481 e. The van der Waals surface area contributed by atoms with E-state index in [0.717, 1.165) is 59.3 Å². The highest BCUT2D eigenvalue weighted by atomic mass is 35.5. The number of aliphatic hydroxyl groups excluding tert-OH is 2. The Kier molecular flexibility index (Phi) is 9.37. The van der Waals surface area contributed by atoms with Crippen molar-refractivity contribution in [2.45, 2.75) is 38.1 Å². The van der Waals surface area contributed by atoms with Crippen molar-refractivity contribution in [1.82, 2.24) is 19.8 Å². The van der Waals surface area contributed by atoms with Crippen LogP contribution in [0.3, 0.4) is 0 Å². The zero-order valence-corrected chi connectivity index (χ0v) is 26.4. The maximum absolute atomic E-state index is 9.91. The molecule has 0 saturated carbocycles. The smallest absolute Gasteiger partial charge is 0.218 e. The predicted molar refractivity (Wildman–Crippen MR) is 173 cm³/mol. The summed E-state index contributed by atoms with van der Waals surface area (Å²) in [7, 11) is 3.23. The highest BCUT2D eigenvalue weighted by Crippen LogP contribution is 2.42. The first-order valence-corrected chi connectivity index (χ1v) is 15.6. The second kappa shape index (κ2) is 13.4. The fourth-order valence-electron chi connectivity index (χ4n) is 6.10. The number of hydrogen-bond donors (Lipinski definition) is 2. The van der Waals surface area contributed by atoms with E-state index in [1.54, 1.807) is 14.2 Å². The lowest BCUT2D eigenvalue weighted by Crippen LogP contribution is -2.22. The van der Waals surface area contributed by atoms with Crippen molar-refractivity contribution >= 4 is 23.2 Å². The van der Waals surface area contributed by atoms with E-state index in [1.165, 1.54) is 0 Å². The van der Waals surface area contributed by atoms with Gasteiger partial charge in [0.05, 0.1) is 47.9 Å². The lowest BCUT2D eigenvalue weighted by Gasteiger charge is -2.18. The number of nitrogens with zero attached hydrogens (tertiary/aromatic N) is 4. The molecule has 0 radical (unpaired) electrons. The van der Waals surface area contributed by atoms with Gasteiger partial charge in [-0.25, -0.2) is 9.97 Å². The number of methoxy groups -OCH3 is 2. The zero-order chi connectivity index (χ0) is 30.8. The van der Waals surface area contributed by atoms with Crippen LogP contribution in [0.2, 0.25) is 10.0 Å². The minimum absolute atomic E-state index is 0.284. The Bertz CT molecular complexity index is 1530. The molecule has 8 nitrogen and oxygen atoms in total. The molecule has 2 N–H and O–H groups in total. The van der Waals surface area contributed by atoms with Gasteiger partial charge in [0.25, 0.3) is 0 Å². The van der Waals surface area contributed by atoms with Crippen LogP contribution in [0.1, 0.15) is 24.0 Å². The summed E-state index contributed by atoms with van der Waals surface area (Å²) in [5, 5.41) is 20.9. The predicted octanol–water partition coefficient (Wildman–Crippen LogP) is 5.93. The first-order chi connectivity index (χ1) is 21.3. The fourth-order valence-corrected chi connectivity index (χ4v) is 6.75. The molecule has 2 aromatic heterocycles. The van der Waals surface area contributed by atoms with E-state index in [0.29, 0.717) is 59.4 Å². The number of benzene rings is 2. The molecular formula is C34H36Cl2N4O4. The molecule has 44 heavy (non-hydrogen) atoms. The van der Waals surface area contributed by atoms with E-state index in [9.17, 15) is 10.2 Å². The summed E-state index contributed by atoms with van der Waals surface area (Å²) in [5.74, 6) is 1.07. The topological polar surface area (TPSA) is 91.2 Å². The molecule has 0 aliphatic carbocycles. The van der Waals surface area contributed by atoms with Crippen molar-refractivity contribution in [2.75, 3.05) is 40.4 Å². The third-order valence-corrected chi connectivity index (χ3v) is 9.20. The number of aliphatic hydroxyl groups is 2. The molecule has 2 saturated heterocycles. The van der Waals surface area contributed by atoms with E-state index < -0.39 is 0 Å². The minimum atomic E-state index is -0.284. The number of ether oxygens (including phenoxy) is 2. The number of hydrogen-bond acceptors (Lipinski definition) is 8. The quantitative estimate of drug-likeness (QED) is 0.234. The Morgan fingerprint density at radius 2 is 1.07 bits per heavy atom. The molecule has 4 heterocycles. The average molecular weight is 636 g/mol. The molecule has 2 atom stereocenters. The summed E-state index contributed by atoms with van der Waals surface area (Å²) in [5.41, 5.74) is 6.40.